The first-order valence-corrected chi connectivity index (χ1v) is 4.15. The molecule has 2 fully saturated rings. The molecule has 4 N–H and O–H groups in total. The molecule has 1 spiro atoms. The number of aliphatic hydroxyl groups is 2. The van der Waals surface area contributed by atoms with Gasteiger partial charge >= 0.3 is 6.03 Å². The van der Waals surface area contributed by atoms with Crippen LogP contribution in [-0.2, 0) is 9.53 Å². The van der Waals surface area contributed by atoms with E-state index in [9.17, 15) is 19.8 Å². The van der Waals surface area contributed by atoms with Crippen LogP contribution in [0.2, 0.25) is 0 Å². The fraction of sp³-hybridized carbons (Fsp3) is 0.714. The number of hydrogen-bond acceptors (Lipinski definition) is 5. The molecule has 4 atom stereocenters. The molecule has 7 nitrogen and oxygen atoms in total. The molecule has 0 radical (unpaired) electrons. The van der Waals surface area contributed by atoms with Gasteiger partial charge in [-0.05, 0) is 6.92 Å². The van der Waals surface area contributed by atoms with Gasteiger partial charge in [0, 0.05) is 0 Å². The molecule has 0 aromatic heterocycles. The normalized spacial score (nSPS) is 46.9. The maximum Gasteiger partial charge on any atom is 0.324 e. The van der Waals surface area contributed by atoms with E-state index in [1.807, 2.05) is 5.32 Å². The van der Waals surface area contributed by atoms with Gasteiger partial charge in [0.2, 0.25) is 0 Å². The van der Waals surface area contributed by atoms with E-state index in [2.05, 4.69) is 5.32 Å². The van der Waals surface area contributed by atoms with Crippen LogP contribution in [0.3, 0.4) is 0 Å². The molecule has 2 saturated heterocycles. The van der Waals surface area contributed by atoms with Crippen molar-refractivity contribution in [1.29, 1.82) is 0 Å². The molecule has 2 aliphatic rings. The van der Waals surface area contributed by atoms with Crippen molar-refractivity contribution >= 4 is 11.9 Å². The SMILES string of the molecule is C[C@H]1O[C@@]2(NC(=O)NC2=O)[C@H](O)[C@@H]1O. The lowest BCUT2D eigenvalue weighted by atomic mass is 10.0. The zero-order valence-electron chi connectivity index (χ0n) is 7.35. The van der Waals surface area contributed by atoms with Gasteiger partial charge in [-0.15, -0.1) is 0 Å². The average Bonchev–Trinajstić information content (AvgIpc) is 2.48. The summed E-state index contributed by atoms with van der Waals surface area (Å²) >= 11 is 0. The molecule has 0 unspecified atom stereocenters. The number of carbonyl (C=O) groups excluding carboxylic acids is 2. The zero-order valence-corrected chi connectivity index (χ0v) is 7.35. The number of hydrogen-bond donors (Lipinski definition) is 4. The highest BCUT2D eigenvalue weighted by Gasteiger charge is 2.62. The average molecular weight is 202 g/mol. The lowest BCUT2D eigenvalue weighted by molar-refractivity contribution is -0.151. The van der Waals surface area contributed by atoms with Crippen LogP contribution in [0.4, 0.5) is 4.79 Å². The maximum atomic E-state index is 11.3. The predicted molar refractivity (Wildman–Crippen MR) is 42.0 cm³/mol. The summed E-state index contributed by atoms with van der Waals surface area (Å²) < 4.78 is 5.07. The highest BCUT2D eigenvalue weighted by Crippen LogP contribution is 2.31. The van der Waals surface area contributed by atoms with Crippen LogP contribution < -0.4 is 10.6 Å². The highest BCUT2D eigenvalue weighted by atomic mass is 16.6. The van der Waals surface area contributed by atoms with E-state index in [1.165, 1.54) is 6.92 Å². The molecular formula is C7H10N2O5. The van der Waals surface area contributed by atoms with Crippen molar-refractivity contribution in [3.63, 3.8) is 0 Å². The number of nitrogens with one attached hydrogen (secondary N) is 2. The lowest BCUT2D eigenvalue weighted by Crippen LogP contribution is -2.56. The summed E-state index contributed by atoms with van der Waals surface area (Å²) in [6.45, 7) is 1.50. The van der Waals surface area contributed by atoms with Crippen molar-refractivity contribution in [1.82, 2.24) is 10.6 Å². The number of aliphatic hydroxyl groups excluding tert-OH is 2. The van der Waals surface area contributed by atoms with Gasteiger partial charge in [0.1, 0.15) is 12.2 Å². The Balaban J connectivity index is 2.34. The van der Waals surface area contributed by atoms with Gasteiger partial charge in [0.15, 0.2) is 0 Å². The summed E-state index contributed by atoms with van der Waals surface area (Å²) in [5.74, 6) is -0.779. The second-order valence-electron chi connectivity index (χ2n) is 3.40. The molecule has 3 amide bonds. The van der Waals surface area contributed by atoms with Crippen molar-refractivity contribution in [2.24, 2.45) is 0 Å². The molecule has 0 saturated carbocycles. The Morgan fingerprint density at radius 1 is 1.43 bits per heavy atom. The molecule has 78 valence electrons. The Morgan fingerprint density at radius 3 is 2.43 bits per heavy atom. The zero-order chi connectivity index (χ0) is 10.5. The minimum Gasteiger partial charge on any atom is -0.387 e. The van der Waals surface area contributed by atoms with Gasteiger partial charge in [0.05, 0.1) is 6.10 Å². The fourth-order valence-corrected chi connectivity index (χ4v) is 1.67. The van der Waals surface area contributed by atoms with Crippen LogP contribution >= 0.6 is 0 Å². The van der Waals surface area contributed by atoms with E-state index in [1.54, 1.807) is 0 Å². The number of imide groups is 1. The van der Waals surface area contributed by atoms with Gasteiger partial charge in [-0.2, -0.15) is 0 Å². The van der Waals surface area contributed by atoms with Gasteiger partial charge in [0.25, 0.3) is 11.6 Å². The molecule has 2 heterocycles. The van der Waals surface area contributed by atoms with Crippen molar-refractivity contribution in [3.8, 4) is 0 Å². The summed E-state index contributed by atoms with van der Waals surface area (Å²) in [6.07, 6.45) is -3.36. The van der Waals surface area contributed by atoms with Crippen LogP contribution in [0.25, 0.3) is 0 Å². The van der Waals surface area contributed by atoms with E-state index in [-0.39, 0.29) is 0 Å². The van der Waals surface area contributed by atoms with Crippen molar-refractivity contribution in [3.05, 3.63) is 0 Å². The topological polar surface area (TPSA) is 108 Å². The molecule has 14 heavy (non-hydrogen) atoms. The van der Waals surface area contributed by atoms with Crippen molar-refractivity contribution in [2.45, 2.75) is 31.0 Å². The number of rotatable bonds is 0. The Bertz CT molecular complexity index is 306. The first-order valence-electron chi connectivity index (χ1n) is 4.15. The van der Waals surface area contributed by atoms with Crippen LogP contribution in [0.1, 0.15) is 6.92 Å². The fourth-order valence-electron chi connectivity index (χ4n) is 1.67. The standard InChI is InChI=1S/C7H10N2O5/c1-2-3(10)4(11)7(14-2)5(12)8-6(13)9-7/h2-4,10-11H,1H3,(H2,8,9,12,13)/t2-,3-,4-,7+/m1/s1. The summed E-state index contributed by atoms with van der Waals surface area (Å²) in [6, 6.07) is -0.740. The molecule has 0 aromatic carbocycles. The van der Waals surface area contributed by atoms with Crippen molar-refractivity contribution < 1.29 is 24.5 Å². The van der Waals surface area contributed by atoms with Gasteiger partial charge in [-0.1, -0.05) is 0 Å². The Kier molecular flexibility index (Phi) is 1.78. The largest absolute Gasteiger partial charge is 0.387 e. The Morgan fingerprint density at radius 2 is 2.07 bits per heavy atom. The first-order chi connectivity index (χ1) is 6.47. The van der Waals surface area contributed by atoms with Gasteiger partial charge in [-0.3, -0.25) is 15.4 Å². The minimum absolute atomic E-state index is 0.714. The Labute approximate surface area is 79.0 Å². The first kappa shape index (κ1) is 9.38. The van der Waals surface area contributed by atoms with Crippen LogP contribution in [0, 0.1) is 0 Å². The Hall–Kier alpha value is -1.18. The summed E-state index contributed by atoms with van der Waals surface area (Å²) in [4.78, 5) is 22.2. The molecule has 7 heteroatoms. The smallest absolute Gasteiger partial charge is 0.324 e. The third kappa shape index (κ3) is 0.969. The summed E-state index contributed by atoms with van der Waals surface area (Å²) in [5, 5.41) is 23.0. The van der Waals surface area contributed by atoms with Crippen LogP contribution in [0.5, 0.6) is 0 Å². The quantitative estimate of drug-likeness (QED) is 0.329. The third-order valence-corrected chi connectivity index (χ3v) is 2.46. The van der Waals surface area contributed by atoms with Crippen LogP contribution in [0.15, 0.2) is 0 Å². The number of urea groups is 1. The molecule has 2 aliphatic heterocycles. The third-order valence-electron chi connectivity index (χ3n) is 2.46. The van der Waals surface area contributed by atoms with E-state index in [4.69, 9.17) is 4.74 Å². The maximum absolute atomic E-state index is 11.3. The molecule has 2 rings (SSSR count). The summed E-state index contributed by atoms with van der Waals surface area (Å²) in [7, 11) is 0. The van der Waals surface area contributed by atoms with Gasteiger partial charge < -0.3 is 14.9 Å². The molecular weight excluding hydrogens is 192 g/mol. The summed E-state index contributed by atoms with van der Waals surface area (Å²) in [5.41, 5.74) is -1.82. The van der Waals surface area contributed by atoms with E-state index < -0.39 is 36.0 Å². The lowest BCUT2D eigenvalue weighted by Gasteiger charge is -2.22. The second kappa shape index (κ2) is 2.66. The monoisotopic (exact) mass is 202 g/mol. The molecule has 0 aliphatic carbocycles. The van der Waals surface area contributed by atoms with E-state index in [0.717, 1.165) is 0 Å². The molecule has 0 bridgehead atoms. The predicted octanol–water partition coefficient (Wildman–Crippen LogP) is -2.34. The second-order valence-corrected chi connectivity index (χ2v) is 3.40. The number of amides is 3. The highest BCUT2D eigenvalue weighted by molar-refractivity contribution is 6.06. The molecule has 0 aromatic rings. The van der Waals surface area contributed by atoms with Crippen molar-refractivity contribution in [2.75, 3.05) is 0 Å². The van der Waals surface area contributed by atoms with E-state index in [0.29, 0.717) is 0 Å². The number of carbonyl (C=O) groups is 2. The van der Waals surface area contributed by atoms with E-state index >= 15 is 0 Å². The minimum atomic E-state index is -1.82. The van der Waals surface area contributed by atoms with Gasteiger partial charge in [-0.25, -0.2) is 4.79 Å². The number of ether oxygens (including phenoxy) is 1. The van der Waals surface area contributed by atoms with Crippen LogP contribution in [-0.4, -0.2) is 46.2 Å².